The summed E-state index contributed by atoms with van der Waals surface area (Å²) >= 11 is 0. The first-order chi connectivity index (χ1) is 9.61. The predicted octanol–water partition coefficient (Wildman–Crippen LogP) is 0.380. The molecule has 1 amide bonds. The number of amides is 1. The second kappa shape index (κ2) is 6.05. The summed E-state index contributed by atoms with van der Waals surface area (Å²) < 4.78 is 14.2. The van der Waals surface area contributed by atoms with Crippen LogP contribution in [0.4, 0.5) is 4.79 Å². The van der Waals surface area contributed by atoms with Crippen LogP contribution in [0.15, 0.2) is 30.3 Å². The van der Waals surface area contributed by atoms with E-state index in [0.29, 0.717) is 0 Å². The Labute approximate surface area is 114 Å². The van der Waals surface area contributed by atoms with Crippen LogP contribution in [-0.4, -0.2) is 37.3 Å². The lowest BCUT2D eigenvalue weighted by molar-refractivity contribution is -0.158. The lowest BCUT2D eigenvalue weighted by Gasteiger charge is -2.13. The van der Waals surface area contributed by atoms with Gasteiger partial charge in [-0.2, -0.15) is 0 Å². The molecule has 1 aromatic rings. The molecule has 7 heteroatoms. The quantitative estimate of drug-likeness (QED) is 0.633. The minimum atomic E-state index is -1.32. The number of hydrogen-bond acceptors (Lipinski definition) is 6. The van der Waals surface area contributed by atoms with Gasteiger partial charge in [0.25, 0.3) is 0 Å². The topological polar surface area (TPSA) is 90.9 Å². The normalized spacial score (nSPS) is 20.8. The van der Waals surface area contributed by atoms with Gasteiger partial charge in [0.1, 0.15) is 6.61 Å². The summed E-state index contributed by atoms with van der Waals surface area (Å²) in [4.78, 5) is 34.4. The summed E-state index contributed by atoms with van der Waals surface area (Å²) in [6, 6.07) is 7.83. The van der Waals surface area contributed by atoms with Gasteiger partial charge in [-0.15, -0.1) is 0 Å². The van der Waals surface area contributed by atoms with E-state index in [9.17, 15) is 14.4 Å². The molecular formula is C13H13NO6. The fourth-order valence-corrected chi connectivity index (χ4v) is 1.72. The lowest BCUT2D eigenvalue weighted by atomic mass is 10.2. The zero-order valence-corrected chi connectivity index (χ0v) is 10.7. The van der Waals surface area contributed by atoms with E-state index in [0.717, 1.165) is 12.7 Å². The fourth-order valence-electron chi connectivity index (χ4n) is 1.72. The van der Waals surface area contributed by atoms with Gasteiger partial charge in [-0.25, -0.2) is 14.4 Å². The van der Waals surface area contributed by atoms with E-state index in [4.69, 9.17) is 4.74 Å². The van der Waals surface area contributed by atoms with Gasteiger partial charge >= 0.3 is 18.0 Å². The number of hydrogen-bond donors (Lipinski definition) is 1. The molecular weight excluding hydrogens is 266 g/mol. The van der Waals surface area contributed by atoms with Crippen LogP contribution in [-0.2, 0) is 30.4 Å². The minimum absolute atomic E-state index is 0.0416. The Morgan fingerprint density at radius 1 is 1.25 bits per heavy atom. The van der Waals surface area contributed by atoms with E-state index >= 15 is 0 Å². The maximum Gasteiger partial charge on any atom is 0.408 e. The Bertz CT molecular complexity index is 515. The van der Waals surface area contributed by atoms with E-state index in [2.05, 4.69) is 14.8 Å². The number of esters is 2. The van der Waals surface area contributed by atoms with Crippen LogP contribution in [0.25, 0.3) is 0 Å². The van der Waals surface area contributed by atoms with E-state index in [-0.39, 0.29) is 6.61 Å². The zero-order valence-electron chi connectivity index (χ0n) is 10.7. The number of carbonyl (C=O) groups excluding carboxylic acids is 3. The Hall–Kier alpha value is -2.57. The van der Waals surface area contributed by atoms with Gasteiger partial charge in [0.05, 0.1) is 7.11 Å². The third-order valence-electron chi connectivity index (χ3n) is 2.72. The van der Waals surface area contributed by atoms with Crippen LogP contribution in [0, 0.1) is 0 Å². The minimum Gasteiger partial charge on any atom is -0.466 e. The summed E-state index contributed by atoms with van der Waals surface area (Å²) in [5.74, 6) is -1.57. The molecule has 2 rings (SSSR count). The van der Waals surface area contributed by atoms with Crippen LogP contribution in [0.5, 0.6) is 0 Å². The molecule has 0 aliphatic carbocycles. The molecule has 1 aliphatic rings. The molecule has 1 heterocycles. The number of cyclic esters (lactones) is 1. The SMILES string of the molecule is COC(=O)[C@H]1OC(=O)N[C@@H]1C(=O)OCc1ccccc1. The molecule has 20 heavy (non-hydrogen) atoms. The molecule has 1 fully saturated rings. The largest absolute Gasteiger partial charge is 0.466 e. The van der Waals surface area contributed by atoms with Gasteiger partial charge in [0.2, 0.25) is 6.10 Å². The Balaban J connectivity index is 1.97. The van der Waals surface area contributed by atoms with Crippen molar-refractivity contribution in [1.82, 2.24) is 5.32 Å². The lowest BCUT2D eigenvalue weighted by Crippen LogP contribution is -2.44. The van der Waals surface area contributed by atoms with Crippen molar-refractivity contribution in [3.63, 3.8) is 0 Å². The summed E-state index contributed by atoms with van der Waals surface area (Å²) in [6.07, 6.45) is -2.18. The average Bonchev–Trinajstić information content (AvgIpc) is 2.87. The number of nitrogens with one attached hydrogen (secondary N) is 1. The summed E-state index contributed by atoms with van der Waals surface area (Å²) in [5, 5.41) is 2.22. The predicted molar refractivity (Wildman–Crippen MR) is 65.4 cm³/mol. The first-order valence-electron chi connectivity index (χ1n) is 5.87. The molecule has 1 N–H and O–H groups in total. The number of benzene rings is 1. The van der Waals surface area contributed by atoms with Crippen molar-refractivity contribution in [2.24, 2.45) is 0 Å². The smallest absolute Gasteiger partial charge is 0.408 e. The third kappa shape index (κ3) is 3.05. The molecule has 7 nitrogen and oxygen atoms in total. The van der Waals surface area contributed by atoms with Gasteiger partial charge in [0, 0.05) is 0 Å². The summed E-state index contributed by atoms with van der Waals surface area (Å²) in [7, 11) is 1.14. The van der Waals surface area contributed by atoms with Crippen LogP contribution in [0.3, 0.4) is 0 Å². The molecule has 0 bridgehead atoms. The van der Waals surface area contributed by atoms with Crippen LogP contribution in [0.1, 0.15) is 5.56 Å². The molecule has 1 aliphatic heterocycles. The molecule has 0 radical (unpaired) electrons. The molecule has 2 atom stereocenters. The van der Waals surface area contributed by atoms with Gasteiger partial charge in [-0.05, 0) is 5.56 Å². The second-order valence-corrected chi connectivity index (χ2v) is 4.06. The number of methoxy groups -OCH3 is 1. The summed E-state index contributed by atoms with van der Waals surface area (Å²) in [5.41, 5.74) is 0.792. The van der Waals surface area contributed by atoms with Crippen LogP contribution >= 0.6 is 0 Å². The first-order valence-corrected chi connectivity index (χ1v) is 5.87. The van der Waals surface area contributed by atoms with Gasteiger partial charge in [0.15, 0.2) is 6.04 Å². The van der Waals surface area contributed by atoms with Crippen LogP contribution in [0.2, 0.25) is 0 Å². The monoisotopic (exact) mass is 279 g/mol. The van der Waals surface area contributed by atoms with Crippen molar-refractivity contribution >= 4 is 18.0 Å². The standard InChI is InChI=1S/C13H13NO6/c1-18-12(16)10-9(14-13(17)20-10)11(15)19-7-8-5-3-2-4-6-8/h2-6,9-10H,7H2,1H3,(H,14,17)/t9-,10-/m0/s1. The highest BCUT2D eigenvalue weighted by atomic mass is 16.6. The van der Waals surface area contributed by atoms with Crippen molar-refractivity contribution in [2.45, 2.75) is 18.8 Å². The maximum atomic E-state index is 11.9. The molecule has 1 aromatic carbocycles. The van der Waals surface area contributed by atoms with E-state index in [1.54, 1.807) is 24.3 Å². The van der Waals surface area contributed by atoms with E-state index in [1.807, 2.05) is 6.07 Å². The number of ether oxygens (including phenoxy) is 3. The molecule has 0 spiro atoms. The van der Waals surface area contributed by atoms with Crippen LogP contribution < -0.4 is 5.32 Å². The van der Waals surface area contributed by atoms with E-state index < -0.39 is 30.2 Å². The van der Waals surface area contributed by atoms with Crippen molar-refractivity contribution in [3.05, 3.63) is 35.9 Å². The van der Waals surface area contributed by atoms with Gasteiger partial charge in [-0.1, -0.05) is 30.3 Å². The average molecular weight is 279 g/mol. The second-order valence-electron chi connectivity index (χ2n) is 4.06. The van der Waals surface area contributed by atoms with Crippen molar-refractivity contribution in [1.29, 1.82) is 0 Å². The van der Waals surface area contributed by atoms with Gasteiger partial charge in [-0.3, -0.25) is 0 Å². The molecule has 1 saturated heterocycles. The first kappa shape index (κ1) is 13.9. The molecule has 0 aromatic heterocycles. The van der Waals surface area contributed by atoms with Crippen molar-refractivity contribution in [2.75, 3.05) is 7.11 Å². The maximum absolute atomic E-state index is 11.9. The number of carbonyl (C=O) groups is 3. The van der Waals surface area contributed by atoms with Crippen molar-refractivity contribution < 1.29 is 28.6 Å². The highest BCUT2D eigenvalue weighted by Crippen LogP contribution is 2.13. The zero-order chi connectivity index (χ0) is 14.5. The van der Waals surface area contributed by atoms with Crippen molar-refractivity contribution in [3.8, 4) is 0 Å². The summed E-state index contributed by atoms with van der Waals surface area (Å²) in [6.45, 7) is 0.0416. The molecule has 106 valence electrons. The number of alkyl carbamates (subject to hydrolysis) is 1. The molecule has 0 unspecified atom stereocenters. The highest BCUT2D eigenvalue weighted by molar-refractivity contribution is 5.93. The Kier molecular flexibility index (Phi) is 4.19. The Morgan fingerprint density at radius 2 is 1.95 bits per heavy atom. The molecule has 0 saturated carbocycles. The Morgan fingerprint density at radius 3 is 2.60 bits per heavy atom. The van der Waals surface area contributed by atoms with Gasteiger partial charge < -0.3 is 19.5 Å². The highest BCUT2D eigenvalue weighted by Gasteiger charge is 2.45. The fraction of sp³-hybridized carbons (Fsp3) is 0.308. The van der Waals surface area contributed by atoms with E-state index in [1.165, 1.54) is 0 Å². The third-order valence-corrected chi connectivity index (χ3v) is 2.72. The number of rotatable bonds is 4.